The monoisotopic (exact) mass is 518 g/mol. The van der Waals surface area contributed by atoms with Crippen molar-refractivity contribution in [3.8, 4) is 11.5 Å². The van der Waals surface area contributed by atoms with Gasteiger partial charge in [-0.3, -0.25) is 14.2 Å². The SMILES string of the molecule is CCOC(=O)C1=C(C)N=c2s/c(=C/C=C/c3ccccc3)c(=O)n2[C@H]1c1ccc(OC(C)=O)c(OC)c1. The second-order valence-electron chi connectivity index (χ2n) is 8.10. The van der Waals surface area contributed by atoms with E-state index in [9.17, 15) is 14.4 Å². The molecule has 0 spiro atoms. The maximum Gasteiger partial charge on any atom is 0.338 e. The Morgan fingerprint density at radius 1 is 1.14 bits per heavy atom. The van der Waals surface area contributed by atoms with Crippen molar-refractivity contribution in [3.05, 3.63) is 96.7 Å². The van der Waals surface area contributed by atoms with Crippen LogP contribution in [0.15, 0.2) is 75.7 Å². The van der Waals surface area contributed by atoms with Gasteiger partial charge in [0.2, 0.25) is 0 Å². The average Bonchev–Trinajstić information content (AvgIpc) is 3.18. The highest BCUT2D eigenvalue weighted by molar-refractivity contribution is 7.07. The molecule has 3 aromatic rings. The smallest absolute Gasteiger partial charge is 0.338 e. The first-order valence-corrected chi connectivity index (χ1v) is 12.4. The van der Waals surface area contributed by atoms with Gasteiger partial charge in [0, 0.05) is 6.92 Å². The largest absolute Gasteiger partial charge is 0.493 e. The normalized spacial score (nSPS) is 15.4. The van der Waals surface area contributed by atoms with Crippen LogP contribution >= 0.6 is 11.3 Å². The fourth-order valence-corrected chi connectivity index (χ4v) is 5.02. The first-order valence-electron chi connectivity index (χ1n) is 11.6. The number of ether oxygens (including phenoxy) is 3. The molecule has 1 aliphatic heterocycles. The van der Waals surface area contributed by atoms with Crippen LogP contribution < -0.4 is 24.4 Å². The summed E-state index contributed by atoms with van der Waals surface area (Å²) < 4.78 is 17.9. The molecule has 37 heavy (non-hydrogen) atoms. The number of methoxy groups -OCH3 is 1. The van der Waals surface area contributed by atoms with E-state index in [0.29, 0.717) is 26.3 Å². The molecule has 0 bridgehead atoms. The highest BCUT2D eigenvalue weighted by Gasteiger charge is 2.34. The molecule has 1 aliphatic rings. The number of allylic oxidation sites excluding steroid dienone is 2. The summed E-state index contributed by atoms with van der Waals surface area (Å²) in [6.45, 7) is 4.90. The van der Waals surface area contributed by atoms with E-state index in [2.05, 4.69) is 4.99 Å². The minimum Gasteiger partial charge on any atom is -0.493 e. The molecule has 8 nitrogen and oxygen atoms in total. The number of hydrogen-bond donors (Lipinski definition) is 0. The summed E-state index contributed by atoms with van der Waals surface area (Å²) in [5.74, 6) is -0.533. The van der Waals surface area contributed by atoms with Crippen molar-refractivity contribution in [1.82, 2.24) is 4.57 Å². The summed E-state index contributed by atoms with van der Waals surface area (Å²) in [6, 6.07) is 13.8. The van der Waals surface area contributed by atoms with Gasteiger partial charge in [-0.2, -0.15) is 0 Å². The Labute approximate surface area is 217 Å². The third-order valence-corrected chi connectivity index (χ3v) is 6.61. The zero-order valence-electron chi connectivity index (χ0n) is 20.9. The molecular formula is C28H26N2O6S. The van der Waals surface area contributed by atoms with Crippen LogP contribution in [0.25, 0.3) is 12.2 Å². The third-order valence-electron chi connectivity index (χ3n) is 5.61. The summed E-state index contributed by atoms with van der Waals surface area (Å²) in [6.07, 6.45) is 5.46. The molecule has 0 fully saturated rings. The number of rotatable bonds is 7. The zero-order chi connectivity index (χ0) is 26.5. The molecule has 190 valence electrons. The molecule has 2 heterocycles. The summed E-state index contributed by atoms with van der Waals surface area (Å²) in [5.41, 5.74) is 2.01. The van der Waals surface area contributed by atoms with E-state index in [1.165, 1.54) is 29.9 Å². The standard InChI is InChI=1S/C28H26N2O6S/c1-5-35-27(33)24-17(2)29-28-30(25(24)20-14-15-21(36-18(3)31)22(16-20)34-4)26(32)23(37-28)13-9-12-19-10-7-6-8-11-19/h6-16,25H,5H2,1-4H3/b12-9+,23-13+/t25-/m0/s1. The lowest BCUT2D eigenvalue weighted by molar-refractivity contribution is -0.139. The number of hydrogen-bond acceptors (Lipinski definition) is 8. The van der Waals surface area contributed by atoms with Gasteiger partial charge in [0.15, 0.2) is 16.3 Å². The van der Waals surface area contributed by atoms with Crippen molar-refractivity contribution in [2.75, 3.05) is 13.7 Å². The highest BCUT2D eigenvalue weighted by Crippen LogP contribution is 2.36. The molecule has 0 saturated carbocycles. The van der Waals surface area contributed by atoms with E-state index in [1.807, 2.05) is 42.5 Å². The first-order chi connectivity index (χ1) is 17.8. The fraction of sp³-hybridized carbons (Fsp3) is 0.214. The van der Waals surface area contributed by atoms with Crippen molar-refractivity contribution in [1.29, 1.82) is 0 Å². The Morgan fingerprint density at radius 2 is 1.89 bits per heavy atom. The number of thiazole rings is 1. The van der Waals surface area contributed by atoms with Crippen LogP contribution in [0.5, 0.6) is 11.5 Å². The zero-order valence-corrected chi connectivity index (χ0v) is 21.7. The van der Waals surface area contributed by atoms with E-state index in [0.717, 1.165) is 5.56 Å². The van der Waals surface area contributed by atoms with Crippen molar-refractivity contribution < 1.29 is 23.8 Å². The Morgan fingerprint density at radius 3 is 2.57 bits per heavy atom. The second kappa shape index (κ2) is 11.2. The van der Waals surface area contributed by atoms with Gasteiger partial charge < -0.3 is 14.2 Å². The van der Waals surface area contributed by atoms with Gasteiger partial charge in [0.25, 0.3) is 5.56 Å². The maximum atomic E-state index is 13.6. The van der Waals surface area contributed by atoms with Crippen LogP contribution in [0, 0.1) is 0 Å². The Bertz CT molecular complexity index is 1580. The van der Waals surface area contributed by atoms with Crippen molar-refractivity contribution in [3.63, 3.8) is 0 Å². The lowest BCUT2D eigenvalue weighted by atomic mass is 9.95. The Kier molecular flexibility index (Phi) is 7.83. The predicted octanol–water partition coefficient (Wildman–Crippen LogP) is 3.40. The number of benzene rings is 2. The summed E-state index contributed by atoms with van der Waals surface area (Å²) in [5, 5.41) is 0. The van der Waals surface area contributed by atoms with Crippen LogP contribution in [0.2, 0.25) is 0 Å². The topological polar surface area (TPSA) is 96.2 Å². The van der Waals surface area contributed by atoms with Gasteiger partial charge in [-0.05, 0) is 43.2 Å². The number of nitrogens with zero attached hydrogens (tertiary/aromatic N) is 2. The van der Waals surface area contributed by atoms with E-state index in [-0.39, 0.29) is 23.5 Å². The first kappa shape index (κ1) is 25.8. The molecule has 0 N–H and O–H groups in total. The van der Waals surface area contributed by atoms with E-state index in [4.69, 9.17) is 14.2 Å². The predicted molar refractivity (Wildman–Crippen MR) is 141 cm³/mol. The van der Waals surface area contributed by atoms with Crippen LogP contribution in [0.3, 0.4) is 0 Å². The van der Waals surface area contributed by atoms with Crippen molar-refractivity contribution >= 4 is 35.4 Å². The van der Waals surface area contributed by atoms with E-state index >= 15 is 0 Å². The van der Waals surface area contributed by atoms with Crippen LogP contribution in [0.4, 0.5) is 0 Å². The van der Waals surface area contributed by atoms with Crippen LogP contribution in [-0.2, 0) is 14.3 Å². The molecule has 0 aliphatic carbocycles. The summed E-state index contributed by atoms with van der Waals surface area (Å²) in [4.78, 5) is 43.2. The molecule has 1 atom stereocenters. The van der Waals surface area contributed by atoms with Crippen LogP contribution in [-0.4, -0.2) is 30.2 Å². The highest BCUT2D eigenvalue weighted by atomic mass is 32.1. The molecule has 0 radical (unpaired) electrons. The number of carbonyl (C=O) groups is 2. The van der Waals surface area contributed by atoms with Gasteiger partial charge in [0.1, 0.15) is 0 Å². The molecule has 0 saturated heterocycles. The van der Waals surface area contributed by atoms with Crippen molar-refractivity contribution in [2.45, 2.75) is 26.8 Å². The third kappa shape index (κ3) is 5.46. The minimum absolute atomic E-state index is 0.172. The molecule has 0 amide bonds. The summed E-state index contributed by atoms with van der Waals surface area (Å²) in [7, 11) is 1.45. The lowest BCUT2D eigenvalue weighted by Crippen LogP contribution is -2.39. The molecule has 9 heteroatoms. The number of aromatic nitrogens is 1. The number of fused-ring (bicyclic) bond motifs is 1. The van der Waals surface area contributed by atoms with E-state index < -0.39 is 18.0 Å². The van der Waals surface area contributed by atoms with Gasteiger partial charge in [-0.15, -0.1) is 0 Å². The summed E-state index contributed by atoms with van der Waals surface area (Å²) >= 11 is 1.24. The number of esters is 2. The van der Waals surface area contributed by atoms with Gasteiger partial charge >= 0.3 is 11.9 Å². The molecule has 1 aromatic heterocycles. The molecular weight excluding hydrogens is 492 g/mol. The fourth-order valence-electron chi connectivity index (χ4n) is 4.03. The van der Waals surface area contributed by atoms with E-state index in [1.54, 1.807) is 38.1 Å². The maximum absolute atomic E-state index is 13.6. The molecule has 2 aromatic carbocycles. The Hall–Kier alpha value is -4.24. The lowest BCUT2D eigenvalue weighted by Gasteiger charge is -2.25. The van der Waals surface area contributed by atoms with Crippen LogP contribution in [0.1, 0.15) is 37.9 Å². The van der Waals surface area contributed by atoms with Gasteiger partial charge in [-0.25, -0.2) is 9.79 Å². The van der Waals surface area contributed by atoms with Crippen molar-refractivity contribution in [2.24, 2.45) is 4.99 Å². The average molecular weight is 519 g/mol. The molecule has 0 unspecified atom stereocenters. The number of carbonyl (C=O) groups excluding carboxylic acids is 2. The Balaban J connectivity index is 1.88. The second-order valence-corrected chi connectivity index (χ2v) is 9.11. The molecule has 4 rings (SSSR count). The van der Waals surface area contributed by atoms with Gasteiger partial charge in [-0.1, -0.05) is 59.9 Å². The van der Waals surface area contributed by atoms with Gasteiger partial charge in [0.05, 0.1) is 35.6 Å². The minimum atomic E-state index is -0.809. The quantitative estimate of drug-likeness (QED) is 0.351.